The molecule has 1 rings (SSSR count). The van der Waals surface area contributed by atoms with Crippen LogP contribution in [0, 0.1) is 0 Å². The lowest BCUT2D eigenvalue weighted by molar-refractivity contribution is -0.139. The number of likely N-dealkylation sites (N-methyl/N-ethyl adjacent to an activating group) is 2. The minimum atomic E-state index is 0.167. The fourth-order valence-electron chi connectivity index (χ4n) is 1.76. The van der Waals surface area contributed by atoms with Crippen molar-refractivity contribution < 1.29 is 9.53 Å². The molecule has 94 valence electrons. The van der Waals surface area contributed by atoms with Crippen molar-refractivity contribution >= 4 is 5.91 Å². The van der Waals surface area contributed by atoms with E-state index in [4.69, 9.17) is 4.74 Å². The van der Waals surface area contributed by atoms with E-state index >= 15 is 0 Å². The molecule has 1 fully saturated rings. The summed E-state index contributed by atoms with van der Waals surface area (Å²) < 4.78 is 5.41. The zero-order chi connectivity index (χ0) is 12.0. The van der Waals surface area contributed by atoms with Crippen molar-refractivity contribution in [1.29, 1.82) is 0 Å². The van der Waals surface area contributed by atoms with Crippen LogP contribution in [0.25, 0.3) is 0 Å². The highest BCUT2D eigenvalue weighted by molar-refractivity contribution is 5.78. The molecule has 0 spiro atoms. The second-order valence-corrected chi connectivity index (χ2v) is 4.36. The predicted molar refractivity (Wildman–Crippen MR) is 63.4 cm³/mol. The topological polar surface area (TPSA) is 44.8 Å². The van der Waals surface area contributed by atoms with Gasteiger partial charge in [0, 0.05) is 26.2 Å². The average Bonchev–Trinajstić information content (AvgIpc) is 2.26. The summed E-state index contributed by atoms with van der Waals surface area (Å²) >= 11 is 0. The highest BCUT2D eigenvalue weighted by atomic mass is 16.5. The van der Waals surface area contributed by atoms with E-state index in [0.717, 1.165) is 26.2 Å². The van der Waals surface area contributed by atoms with Crippen LogP contribution < -0.4 is 5.32 Å². The molecule has 0 aliphatic carbocycles. The van der Waals surface area contributed by atoms with Crippen LogP contribution in [0.15, 0.2) is 0 Å². The molecular weight excluding hydrogens is 206 g/mol. The Labute approximate surface area is 97.7 Å². The van der Waals surface area contributed by atoms with Gasteiger partial charge in [-0.05, 0) is 21.0 Å². The van der Waals surface area contributed by atoms with Gasteiger partial charge in [0.05, 0.1) is 19.3 Å². The average molecular weight is 229 g/mol. The second kappa shape index (κ2) is 6.83. The first kappa shape index (κ1) is 13.4. The van der Waals surface area contributed by atoms with Gasteiger partial charge in [-0.2, -0.15) is 0 Å². The molecule has 1 aliphatic heterocycles. The maximum atomic E-state index is 11.9. The molecule has 1 unspecified atom stereocenters. The molecule has 1 saturated heterocycles. The van der Waals surface area contributed by atoms with Crippen LogP contribution in [0.4, 0.5) is 0 Å². The number of rotatable bonds is 5. The summed E-state index contributed by atoms with van der Waals surface area (Å²) in [6.07, 6.45) is 0.167. The summed E-state index contributed by atoms with van der Waals surface area (Å²) in [4.78, 5) is 15.9. The van der Waals surface area contributed by atoms with Crippen LogP contribution in [0.5, 0.6) is 0 Å². The van der Waals surface area contributed by atoms with Crippen LogP contribution >= 0.6 is 0 Å². The fraction of sp³-hybridized carbons (Fsp3) is 0.909. The standard InChI is InChI=1S/C11H23N3O2/c1-10-8-14(6-7-16-10)11(15)9-13(3)5-4-12-2/h10,12H,4-9H2,1-3H3. The number of hydrogen-bond acceptors (Lipinski definition) is 4. The number of nitrogens with one attached hydrogen (secondary N) is 1. The highest BCUT2D eigenvalue weighted by Crippen LogP contribution is 2.04. The molecule has 16 heavy (non-hydrogen) atoms. The van der Waals surface area contributed by atoms with Crippen LogP contribution in [-0.2, 0) is 9.53 Å². The number of morpholine rings is 1. The second-order valence-electron chi connectivity index (χ2n) is 4.36. The summed E-state index contributed by atoms with van der Waals surface area (Å²) in [5, 5.41) is 3.07. The van der Waals surface area contributed by atoms with Crippen LogP contribution in [0.2, 0.25) is 0 Å². The Kier molecular flexibility index (Phi) is 5.73. The van der Waals surface area contributed by atoms with Crippen LogP contribution in [-0.4, -0.2) is 75.2 Å². The van der Waals surface area contributed by atoms with Gasteiger partial charge >= 0.3 is 0 Å². The molecule has 1 amide bonds. The molecule has 0 aromatic carbocycles. The Bertz CT molecular complexity index is 223. The molecule has 5 heteroatoms. The molecule has 5 nitrogen and oxygen atoms in total. The van der Waals surface area contributed by atoms with Gasteiger partial charge in [-0.25, -0.2) is 0 Å². The third-order valence-electron chi connectivity index (χ3n) is 2.74. The molecule has 0 aromatic heterocycles. The quantitative estimate of drug-likeness (QED) is 0.683. The first-order valence-electron chi connectivity index (χ1n) is 5.86. The smallest absolute Gasteiger partial charge is 0.236 e. The van der Waals surface area contributed by atoms with Gasteiger partial charge < -0.3 is 15.0 Å². The third kappa shape index (κ3) is 4.47. The van der Waals surface area contributed by atoms with Crippen LogP contribution in [0.1, 0.15) is 6.92 Å². The first-order chi connectivity index (χ1) is 7.63. The Morgan fingerprint density at radius 1 is 1.62 bits per heavy atom. The normalized spacial score (nSPS) is 21.5. The number of ether oxygens (including phenoxy) is 1. The molecular formula is C11H23N3O2. The van der Waals surface area contributed by atoms with Gasteiger partial charge in [0.1, 0.15) is 0 Å². The molecule has 1 N–H and O–H groups in total. The van der Waals surface area contributed by atoms with Crippen molar-refractivity contribution in [3.8, 4) is 0 Å². The van der Waals surface area contributed by atoms with E-state index in [1.165, 1.54) is 0 Å². The van der Waals surface area contributed by atoms with Gasteiger partial charge in [-0.1, -0.05) is 0 Å². The Hall–Kier alpha value is -0.650. The Morgan fingerprint density at radius 2 is 2.38 bits per heavy atom. The summed E-state index contributed by atoms with van der Waals surface area (Å²) in [5.41, 5.74) is 0. The first-order valence-corrected chi connectivity index (χ1v) is 5.86. The minimum absolute atomic E-state index is 0.167. The summed E-state index contributed by atoms with van der Waals surface area (Å²) in [6.45, 7) is 6.40. The maximum absolute atomic E-state index is 11.9. The van der Waals surface area contributed by atoms with E-state index in [1.54, 1.807) is 0 Å². The van der Waals surface area contributed by atoms with E-state index in [2.05, 4.69) is 5.32 Å². The largest absolute Gasteiger partial charge is 0.375 e. The Morgan fingerprint density at radius 3 is 3.00 bits per heavy atom. The van der Waals surface area contributed by atoms with Gasteiger partial charge in [-0.3, -0.25) is 9.69 Å². The van der Waals surface area contributed by atoms with Crippen molar-refractivity contribution in [1.82, 2.24) is 15.1 Å². The van der Waals surface area contributed by atoms with E-state index in [1.807, 2.05) is 30.8 Å². The predicted octanol–water partition coefficient (Wildman–Crippen LogP) is -0.615. The van der Waals surface area contributed by atoms with Crippen molar-refractivity contribution in [2.45, 2.75) is 13.0 Å². The number of nitrogens with zero attached hydrogens (tertiary/aromatic N) is 2. The molecule has 1 atom stereocenters. The molecule has 0 bridgehead atoms. The van der Waals surface area contributed by atoms with E-state index in [0.29, 0.717) is 13.2 Å². The molecule has 0 radical (unpaired) electrons. The lowest BCUT2D eigenvalue weighted by Gasteiger charge is -2.32. The van der Waals surface area contributed by atoms with E-state index in [-0.39, 0.29) is 12.0 Å². The van der Waals surface area contributed by atoms with Crippen molar-refractivity contribution in [3.05, 3.63) is 0 Å². The zero-order valence-corrected chi connectivity index (χ0v) is 10.5. The van der Waals surface area contributed by atoms with Crippen molar-refractivity contribution in [2.24, 2.45) is 0 Å². The monoisotopic (exact) mass is 229 g/mol. The summed E-state index contributed by atoms with van der Waals surface area (Å²) in [7, 11) is 3.89. The number of hydrogen-bond donors (Lipinski definition) is 1. The van der Waals surface area contributed by atoms with Gasteiger partial charge in [0.25, 0.3) is 0 Å². The van der Waals surface area contributed by atoms with Crippen LogP contribution in [0.3, 0.4) is 0 Å². The number of carbonyl (C=O) groups excluding carboxylic acids is 1. The van der Waals surface area contributed by atoms with Crippen molar-refractivity contribution in [3.63, 3.8) is 0 Å². The highest BCUT2D eigenvalue weighted by Gasteiger charge is 2.21. The third-order valence-corrected chi connectivity index (χ3v) is 2.74. The molecule has 1 heterocycles. The van der Waals surface area contributed by atoms with Gasteiger partial charge in [0.15, 0.2) is 0 Å². The fourth-order valence-corrected chi connectivity index (χ4v) is 1.76. The minimum Gasteiger partial charge on any atom is -0.375 e. The van der Waals surface area contributed by atoms with E-state index in [9.17, 15) is 4.79 Å². The molecule has 0 aromatic rings. The number of carbonyl (C=O) groups is 1. The summed E-state index contributed by atoms with van der Waals surface area (Å²) in [6, 6.07) is 0. The van der Waals surface area contributed by atoms with Gasteiger partial charge in [-0.15, -0.1) is 0 Å². The maximum Gasteiger partial charge on any atom is 0.236 e. The van der Waals surface area contributed by atoms with Gasteiger partial charge in [0.2, 0.25) is 5.91 Å². The lowest BCUT2D eigenvalue weighted by atomic mass is 10.3. The Balaban J connectivity index is 2.27. The lowest BCUT2D eigenvalue weighted by Crippen LogP contribution is -2.48. The zero-order valence-electron chi connectivity index (χ0n) is 10.5. The van der Waals surface area contributed by atoms with Crippen molar-refractivity contribution in [2.75, 3.05) is 53.4 Å². The number of amides is 1. The summed E-state index contributed by atoms with van der Waals surface area (Å²) in [5.74, 6) is 0.203. The SMILES string of the molecule is CNCCN(C)CC(=O)N1CCOC(C)C1. The molecule has 0 saturated carbocycles. The van der Waals surface area contributed by atoms with E-state index < -0.39 is 0 Å². The molecule has 1 aliphatic rings.